The monoisotopic (exact) mass is 330 g/mol. The Morgan fingerprint density at radius 1 is 1.17 bits per heavy atom. The average Bonchev–Trinajstić information content (AvgIpc) is 2.94. The number of ketones is 1. The van der Waals surface area contributed by atoms with E-state index in [4.69, 9.17) is 0 Å². The number of allylic oxidation sites excluding steroid dienone is 2. The Balaban J connectivity index is 2.52. The Morgan fingerprint density at radius 3 is 2.50 bits per heavy atom. The van der Waals surface area contributed by atoms with Crippen molar-refractivity contribution in [2.45, 2.75) is 45.8 Å². The Kier molecular flexibility index (Phi) is 5.68. The van der Waals surface area contributed by atoms with E-state index < -0.39 is 5.69 Å². The first-order valence-corrected chi connectivity index (χ1v) is 7.91. The summed E-state index contributed by atoms with van der Waals surface area (Å²) in [5, 5.41) is 0. The smallest absolute Gasteiger partial charge is 0.321 e. The van der Waals surface area contributed by atoms with Crippen LogP contribution in [0.15, 0.2) is 41.2 Å². The van der Waals surface area contributed by atoms with Gasteiger partial charge in [-0.15, -0.1) is 13.2 Å². The van der Waals surface area contributed by atoms with E-state index in [1.54, 1.807) is 16.7 Å². The fourth-order valence-electron chi connectivity index (χ4n) is 2.65. The molecule has 0 N–H and O–H groups in total. The summed E-state index contributed by atoms with van der Waals surface area (Å²) in [5.41, 5.74) is -0.0359. The highest BCUT2D eigenvalue weighted by atomic mass is 16.2. The molecule has 0 unspecified atom stereocenters. The summed E-state index contributed by atoms with van der Waals surface area (Å²) in [6.45, 7) is 9.84. The molecule has 0 atom stereocenters. The van der Waals surface area contributed by atoms with Gasteiger partial charge in [0.15, 0.2) is 11.2 Å². The number of fused-ring (bicyclic) bond motifs is 1. The second kappa shape index (κ2) is 7.72. The number of imidazole rings is 1. The Bertz CT molecular complexity index is 886. The van der Waals surface area contributed by atoms with Crippen LogP contribution in [0.25, 0.3) is 11.2 Å². The molecule has 0 aromatic carbocycles. The maximum Gasteiger partial charge on any atom is 0.333 e. The van der Waals surface area contributed by atoms with Gasteiger partial charge in [0.1, 0.15) is 5.78 Å². The van der Waals surface area contributed by atoms with Gasteiger partial charge in [0.25, 0.3) is 5.56 Å². The molecule has 0 saturated carbocycles. The molecular weight excluding hydrogens is 308 g/mol. The Morgan fingerprint density at radius 2 is 1.88 bits per heavy atom. The molecule has 0 fully saturated rings. The van der Waals surface area contributed by atoms with Gasteiger partial charge < -0.3 is 9.36 Å². The van der Waals surface area contributed by atoms with E-state index in [1.807, 2.05) is 0 Å². The van der Waals surface area contributed by atoms with Crippen molar-refractivity contribution in [2.24, 2.45) is 0 Å². The highest BCUT2D eigenvalue weighted by Crippen LogP contribution is 2.07. The molecule has 0 bridgehead atoms. The van der Waals surface area contributed by atoms with Gasteiger partial charge in [0, 0.05) is 26.1 Å². The molecule has 128 valence electrons. The lowest BCUT2D eigenvalue weighted by atomic mass is 10.2. The van der Waals surface area contributed by atoms with Crippen molar-refractivity contribution in [1.29, 1.82) is 0 Å². The molecule has 2 rings (SSSR count). The highest BCUT2D eigenvalue weighted by molar-refractivity contribution is 5.75. The molecule has 7 nitrogen and oxygen atoms in total. The number of carbonyl (C=O) groups excluding carboxylic acids is 1. The van der Waals surface area contributed by atoms with Crippen LogP contribution in [0.2, 0.25) is 0 Å². The normalized spacial score (nSPS) is 10.9. The molecular formula is C17H22N4O3. The van der Waals surface area contributed by atoms with Crippen LogP contribution in [-0.2, 0) is 24.4 Å². The first-order chi connectivity index (χ1) is 11.5. The number of rotatable bonds is 9. The summed E-state index contributed by atoms with van der Waals surface area (Å²) in [5.74, 6) is 0.103. The fraction of sp³-hybridized carbons (Fsp3) is 0.412. The molecule has 2 heterocycles. The zero-order valence-electron chi connectivity index (χ0n) is 13.9. The van der Waals surface area contributed by atoms with Crippen LogP contribution in [0.5, 0.6) is 0 Å². The molecule has 0 aliphatic rings. The number of hydrogen-bond donors (Lipinski definition) is 0. The number of hydrogen-bond acceptors (Lipinski definition) is 4. The zero-order valence-corrected chi connectivity index (χ0v) is 13.9. The maximum atomic E-state index is 12.8. The summed E-state index contributed by atoms with van der Waals surface area (Å²) in [7, 11) is 0. The zero-order chi connectivity index (χ0) is 17.7. The Labute approximate surface area is 139 Å². The topological polar surface area (TPSA) is 78.9 Å². The number of carbonyl (C=O) groups is 1. The standard InChI is InChI=1S/C17H22N4O3/c1-4-9-19-12-18-15-14(19)16(23)21(11-7-6-8-13(3)22)17(24)20(15)10-5-2/h4-5,12H,1-2,6-11H2,3H3. The van der Waals surface area contributed by atoms with Gasteiger partial charge in [-0.25, -0.2) is 9.78 Å². The van der Waals surface area contributed by atoms with E-state index in [0.717, 1.165) is 0 Å². The minimum atomic E-state index is -0.404. The molecule has 0 amide bonds. The van der Waals surface area contributed by atoms with Crippen molar-refractivity contribution in [2.75, 3.05) is 0 Å². The van der Waals surface area contributed by atoms with Crippen LogP contribution in [-0.4, -0.2) is 24.5 Å². The van der Waals surface area contributed by atoms with Crippen molar-refractivity contribution in [1.82, 2.24) is 18.7 Å². The molecule has 24 heavy (non-hydrogen) atoms. The van der Waals surface area contributed by atoms with Crippen LogP contribution in [0.4, 0.5) is 0 Å². The first-order valence-electron chi connectivity index (χ1n) is 7.91. The third kappa shape index (κ3) is 3.45. The third-order valence-corrected chi connectivity index (χ3v) is 3.78. The SMILES string of the molecule is C=CCn1cnc2c1c(=O)n(CCCCC(C)=O)c(=O)n2CC=C. The molecule has 7 heteroatoms. The van der Waals surface area contributed by atoms with E-state index in [9.17, 15) is 14.4 Å². The number of Topliss-reactive ketones (excluding diaryl/α,β-unsaturated/α-hetero) is 1. The molecule has 2 aromatic heterocycles. The van der Waals surface area contributed by atoms with E-state index in [0.29, 0.717) is 37.0 Å². The average molecular weight is 330 g/mol. The first kappa shape index (κ1) is 17.7. The van der Waals surface area contributed by atoms with E-state index >= 15 is 0 Å². The minimum absolute atomic E-state index is 0.103. The van der Waals surface area contributed by atoms with Crippen LogP contribution in [0.1, 0.15) is 26.2 Å². The summed E-state index contributed by atoms with van der Waals surface area (Å²) in [6, 6.07) is 0. The van der Waals surface area contributed by atoms with Crippen LogP contribution in [0.3, 0.4) is 0 Å². The second-order valence-electron chi connectivity index (χ2n) is 5.66. The third-order valence-electron chi connectivity index (χ3n) is 3.78. The summed E-state index contributed by atoms with van der Waals surface area (Å²) in [4.78, 5) is 40.6. The quantitative estimate of drug-likeness (QED) is 0.515. The molecule has 0 spiro atoms. The van der Waals surface area contributed by atoms with Gasteiger partial charge in [-0.1, -0.05) is 12.2 Å². The van der Waals surface area contributed by atoms with Crippen LogP contribution < -0.4 is 11.2 Å². The molecule has 0 radical (unpaired) electrons. The van der Waals surface area contributed by atoms with Gasteiger partial charge in [-0.05, 0) is 19.8 Å². The van der Waals surface area contributed by atoms with Gasteiger partial charge in [0.05, 0.1) is 6.33 Å². The largest absolute Gasteiger partial charge is 0.333 e. The predicted octanol–water partition coefficient (Wildman–Crippen LogP) is 1.49. The summed E-state index contributed by atoms with van der Waals surface area (Å²) >= 11 is 0. The second-order valence-corrected chi connectivity index (χ2v) is 5.66. The van der Waals surface area contributed by atoms with Crippen molar-refractivity contribution < 1.29 is 4.79 Å². The van der Waals surface area contributed by atoms with E-state index in [2.05, 4.69) is 18.1 Å². The predicted molar refractivity (Wildman–Crippen MR) is 93.2 cm³/mol. The maximum absolute atomic E-state index is 12.8. The van der Waals surface area contributed by atoms with Gasteiger partial charge in [-0.3, -0.25) is 13.9 Å². The number of nitrogens with zero attached hydrogens (tertiary/aromatic N) is 4. The summed E-state index contributed by atoms with van der Waals surface area (Å²) < 4.78 is 4.33. The van der Waals surface area contributed by atoms with E-state index in [1.165, 1.54) is 22.4 Å². The van der Waals surface area contributed by atoms with Crippen molar-refractivity contribution >= 4 is 16.9 Å². The van der Waals surface area contributed by atoms with Crippen molar-refractivity contribution in [3.05, 3.63) is 52.5 Å². The molecule has 0 saturated heterocycles. The molecule has 0 aliphatic carbocycles. The van der Waals surface area contributed by atoms with Gasteiger partial charge >= 0.3 is 5.69 Å². The Hall–Kier alpha value is -2.70. The number of aromatic nitrogens is 4. The van der Waals surface area contributed by atoms with E-state index in [-0.39, 0.29) is 24.4 Å². The van der Waals surface area contributed by atoms with Crippen LogP contribution in [0, 0.1) is 0 Å². The van der Waals surface area contributed by atoms with Crippen LogP contribution >= 0.6 is 0 Å². The lowest BCUT2D eigenvalue weighted by Crippen LogP contribution is -2.40. The van der Waals surface area contributed by atoms with Crippen molar-refractivity contribution in [3.8, 4) is 0 Å². The fourth-order valence-corrected chi connectivity index (χ4v) is 2.65. The van der Waals surface area contributed by atoms with Gasteiger partial charge in [0.2, 0.25) is 0 Å². The highest BCUT2D eigenvalue weighted by Gasteiger charge is 2.16. The molecule has 2 aromatic rings. The summed E-state index contributed by atoms with van der Waals surface area (Å²) in [6.07, 6.45) is 6.48. The number of unbranched alkanes of at least 4 members (excludes halogenated alkanes) is 1. The lowest BCUT2D eigenvalue weighted by Gasteiger charge is -2.11. The lowest BCUT2D eigenvalue weighted by molar-refractivity contribution is -0.117. The van der Waals surface area contributed by atoms with Crippen molar-refractivity contribution in [3.63, 3.8) is 0 Å². The minimum Gasteiger partial charge on any atom is -0.321 e. The molecule has 0 aliphatic heterocycles. The van der Waals surface area contributed by atoms with Gasteiger partial charge in [-0.2, -0.15) is 0 Å².